The predicted molar refractivity (Wildman–Crippen MR) is 74.4 cm³/mol. The normalized spacial score (nSPS) is 21.5. The second-order valence-electron chi connectivity index (χ2n) is 5.05. The van der Waals surface area contributed by atoms with Crippen LogP contribution >= 0.6 is 0 Å². The zero-order valence-electron chi connectivity index (χ0n) is 11.2. The maximum Gasteiger partial charge on any atom is 0.243 e. The fourth-order valence-electron chi connectivity index (χ4n) is 2.41. The number of aryl methyl sites for hydroxylation is 1. The summed E-state index contributed by atoms with van der Waals surface area (Å²) >= 11 is 0. The summed E-state index contributed by atoms with van der Waals surface area (Å²) in [4.78, 5) is 0.321. The summed E-state index contributed by atoms with van der Waals surface area (Å²) < 4.78 is 26.2. The van der Waals surface area contributed by atoms with E-state index in [0.717, 1.165) is 18.4 Å². The molecule has 1 saturated heterocycles. The average Bonchev–Trinajstić information content (AvgIpc) is 2.40. The van der Waals surface area contributed by atoms with E-state index in [1.807, 2.05) is 12.1 Å². The standard InChI is InChI=1S/C14H21NO3S/c1-2-4-12-6-8-14(9-7-12)19(17,18)15-10-3-5-13(16)11-15/h6-9,13,16H,2-5,10-11H2,1H3/t13-/m0/s1. The first kappa shape index (κ1) is 14.5. The summed E-state index contributed by atoms with van der Waals surface area (Å²) in [5, 5.41) is 9.60. The predicted octanol–water partition coefficient (Wildman–Crippen LogP) is 1.78. The topological polar surface area (TPSA) is 57.6 Å². The van der Waals surface area contributed by atoms with E-state index in [0.29, 0.717) is 24.3 Å². The fourth-order valence-corrected chi connectivity index (χ4v) is 3.92. The Morgan fingerprint density at radius 2 is 2.00 bits per heavy atom. The molecule has 0 saturated carbocycles. The first-order chi connectivity index (χ1) is 9.04. The van der Waals surface area contributed by atoms with Crippen molar-refractivity contribution in [2.24, 2.45) is 0 Å². The van der Waals surface area contributed by atoms with E-state index < -0.39 is 16.1 Å². The van der Waals surface area contributed by atoms with Gasteiger partial charge in [0.2, 0.25) is 10.0 Å². The monoisotopic (exact) mass is 283 g/mol. The van der Waals surface area contributed by atoms with E-state index in [1.165, 1.54) is 4.31 Å². The third kappa shape index (κ3) is 3.35. The van der Waals surface area contributed by atoms with E-state index >= 15 is 0 Å². The van der Waals surface area contributed by atoms with E-state index in [-0.39, 0.29) is 6.54 Å². The van der Waals surface area contributed by atoms with Gasteiger partial charge in [-0.2, -0.15) is 4.31 Å². The molecule has 0 radical (unpaired) electrons. The Kier molecular flexibility index (Phi) is 4.60. The van der Waals surface area contributed by atoms with E-state index in [2.05, 4.69) is 6.92 Å². The van der Waals surface area contributed by atoms with Gasteiger partial charge in [0, 0.05) is 13.1 Å². The SMILES string of the molecule is CCCc1ccc(S(=O)(=O)N2CCC[C@H](O)C2)cc1. The first-order valence-electron chi connectivity index (χ1n) is 6.81. The molecule has 1 aromatic carbocycles. The molecule has 19 heavy (non-hydrogen) atoms. The van der Waals surface area contributed by atoms with Crippen LogP contribution in [0.3, 0.4) is 0 Å². The lowest BCUT2D eigenvalue weighted by Crippen LogP contribution is -2.42. The molecule has 1 aromatic rings. The molecule has 1 aliphatic rings. The highest BCUT2D eigenvalue weighted by molar-refractivity contribution is 7.89. The van der Waals surface area contributed by atoms with Crippen LogP contribution in [0.4, 0.5) is 0 Å². The van der Waals surface area contributed by atoms with E-state index in [4.69, 9.17) is 0 Å². The number of rotatable bonds is 4. The minimum atomic E-state index is -3.45. The summed E-state index contributed by atoms with van der Waals surface area (Å²) in [6, 6.07) is 7.08. The number of nitrogens with zero attached hydrogens (tertiary/aromatic N) is 1. The van der Waals surface area contributed by atoms with Crippen molar-refractivity contribution in [1.29, 1.82) is 0 Å². The van der Waals surface area contributed by atoms with Gasteiger partial charge in [0.15, 0.2) is 0 Å². The van der Waals surface area contributed by atoms with Crippen LogP contribution in [0.2, 0.25) is 0 Å². The first-order valence-corrected chi connectivity index (χ1v) is 8.25. The lowest BCUT2D eigenvalue weighted by molar-refractivity contribution is 0.108. The number of sulfonamides is 1. The average molecular weight is 283 g/mol. The van der Waals surface area contributed by atoms with Gasteiger partial charge < -0.3 is 5.11 Å². The van der Waals surface area contributed by atoms with Gasteiger partial charge in [-0.05, 0) is 37.0 Å². The van der Waals surface area contributed by atoms with Crippen molar-refractivity contribution >= 4 is 10.0 Å². The molecule has 0 spiro atoms. The van der Waals surface area contributed by atoms with E-state index in [9.17, 15) is 13.5 Å². The molecule has 1 fully saturated rings. The molecule has 1 heterocycles. The van der Waals surface area contributed by atoms with Crippen LogP contribution in [0.1, 0.15) is 31.7 Å². The zero-order valence-corrected chi connectivity index (χ0v) is 12.1. The Hall–Kier alpha value is -0.910. The van der Waals surface area contributed by atoms with Gasteiger partial charge in [-0.3, -0.25) is 0 Å². The van der Waals surface area contributed by atoms with Crippen molar-refractivity contribution in [2.75, 3.05) is 13.1 Å². The number of aliphatic hydroxyl groups excluding tert-OH is 1. The maximum atomic E-state index is 12.4. The molecule has 0 aromatic heterocycles. The minimum Gasteiger partial charge on any atom is -0.392 e. The molecular weight excluding hydrogens is 262 g/mol. The molecule has 0 aliphatic carbocycles. The third-order valence-electron chi connectivity index (χ3n) is 3.46. The van der Waals surface area contributed by atoms with Crippen LogP contribution in [0, 0.1) is 0 Å². The largest absolute Gasteiger partial charge is 0.392 e. The lowest BCUT2D eigenvalue weighted by Gasteiger charge is -2.29. The third-order valence-corrected chi connectivity index (χ3v) is 5.34. The zero-order chi connectivity index (χ0) is 13.9. The number of β-amino-alcohol motifs (C(OH)–C–C–N with tert-alkyl or cyclic N) is 1. The van der Waals surface area contributed by atoms with Crippen LogP contribution in [-0.2, 0) is 16.4 Å². The number of hydrogen-bond acceptors (Lipinski definition) is 3. The van der Waals surface area contributed by atoms with Gasteiger partial charge in [-0.1, -0.05) is 25.5 Å². The van der Waals surface area contributed by atoms with Crippen molar-refractivity contribution in [1.82, 2.24) is 4.31 Å². The molecule has 2 rings (SSSR count). The van der Waals surface area contributed by atoms with Crippen molar-refractivity contribution in [2.45, 2.75) is 43.6 Å². The molecule has 5 heteroatoms. The van der Waals surface area contributed by atoms with Gasteiger partial charge in [0.25, 0.3) is 0 Å². The lowest BCUT2D eigenvalue weighted by atomic mass is 10.1. The van der Waals surface area contributed by atoms with Crippen LogP contribution in [0.5, 0.6) is 0 Å². The molecule has 0 amide bonds. The maximum absolute atomic E-state index is 12.4. The summed E-state index contributed by atoms with van der Waals surface area (Å²) in [5.74, 6) is 0. The Morgan fingerprint density at radius 1 is 1.32 bits per heavy atom. The second-order valence-corrected chi connectivity index (χ2v) is 6.99. The van der Waals surface area contributed by atoms with Crippen LogP contribution < -0.4 is 0 Å². The molecule has 0 unspecified atom stereocenters. The molecule has 1 aliphatic heterocycles. The molecule has 1 N–H and O–H groups in total. The second kappa shape index (κ2) is 6.03. The molecular formula is C14H21NO3S. The van der Waals surface area contributed by atoms with Gasteiger partial charge in [-0.25, -0.2) is 8.42 Å². The highest BCUT2D eigenvalue weighted by Crippen LogP contribution is 2.21. The smallest absolute Gasteiger partial charge is 0.243 e. The van der Waals surface area contributed by atoms with E-state index in [1.54, 1.807) is 12.1 Å². The molecule has 106 valence electrons. The van der Waals surface area contributed by atoms with Crippen LogP contribution in [-0.4, -0.2) is 37.0 Å². The van der Waals surface area contributed by atoms with Gasteiger partial charge in [0.05, 0.1) is 11.0 Å². The summed E-state index contributed by atoms with van der Waals surface area (Å²) in [6.45, 7) is 2.80. The van der Waals surface area contributed by atoms with Crippen LogP contribution in [0.25, 0.3) is 0 Å². The summed E-state index contributed by atoms with van der Waals surface area (Å²) in [6.07, 6.45) is 2.87. The number of benzene rings is 1. The Balaban J connectivity index is 2.18. The van der Waals surface area contributed by atoms with Crippen molar-refractivity contribution in [3.05, 3.63) is 29.8 Å². The van der Waals surface area contributed by atoms with Gasteiger partial charge in [0.1, 0.15) is 0 Å². The van der Waals surface area contributed by atoms with Crippen LogP contribution in [0.15, 0.2) is 29.2 Å². The highest BCUT2D eigenvalue weighted by atomic mass is 32.2. The summed E-state index contributed by atoms with van der Waals surface area (Å²) in [5.41, 5.74) is 1.15. The van der Waals surface area contributed by atoms with Gasteiger partial charge >= 0.3 is 0 Å². The van der Waals surface area contributed by atoms with Gasteiger partial charge in [-0.15, -0.1) is 0 Å². The number of piperidine rings is 1. The summed E-state index contributed by atoms with van der Waals surface area (Å²) in [7, 11) is -3.45. The minimum absolute atomic E-state index is 0.207. The quantitative estimate of drug-likeness (QED) is 0.916. The van der Waals surface area contributed by atoms with Crippen molar-refractivity contribution in [3.63, 3.8) is 0 Å². The van der Waals surface area contributed by atoms with Crippen molar-refractivity contribution < 1.29 is 13.5 Å². The Morgan fingerprint density at radius 3 is 2.58 bits per heavy atom. The highest BCUT2D eigenvalue weighted by Gasteiger charge is 2.29. The molecule has 0 bridgehead atoms. The molecule has 1 atom stereocenters. The fraction of sp³-hybridized carbons (Fsp3) is 0.571. The number of hydrogen-bond donors (Lipinski definition) is 1. The Labute approximate surface area is 115 Å². The number of aliphatic hydroxyl groups is 1. The van der Waals surface area contributed by atoms with Crippen molar-refractivity contribution in [3.8, 4) is 0 Å². The molecule has 4 nitrogen and oxygen atoms in total. The Bertz CT molecular complexity index is 510.